The van der Waals surface area contributed by atoms with Gasteiger partial charge in [0.25, 0.3) is 0 Å². The number of aryl methyl sites for hydroxylation is 1. The van der Waals surface area contributed by atoms with Crippen LogP contribution in [0.2, 0.25) is 0 Å². The molecule has 2 aliphatic rings. The maximum Gasteiger partial charge on any atom is 0.0636 e. The Balaban J connectivity index is 1.84. The van der Waals surface area contributed by atoms with Gasteiger partial charge in [-0.05, 0) is 49.1 Å². The van der Waals surface area contributed by atoms with Crippen molar-refractivity contribution in [3.8, 4) is 0 Å². The summed E-state index contributed by atoms with van der Waals surface area (Å²) in [4.78, 5) is 0. The van der Waals surface area contributed by atoms with Gasteiger partial charge < -0.3 is 5.11 Å². The predicted molar refractivity (Wildman–Crippen MR) is 70.1 cm³/mol. The maximum absolute atomic E-state index is 10.6. The number of aliphatic hydroxyl groups is 1. The highest BCUT2D eigenvalue weighted by Gasteiger charge is 2.33. The zero-order chi connectivity index (χ0) is 11.7. The fraction of sp³-hybridized carbons (Fsp3) is 0.625. The molecule has 17 heavy (non-hydrogen) atoms. The lowest BCUT2D eigenvalue weighted by molar-refractivity contribution is 0.0764. The standard InChI is InChI=1S/C16H22O/c17-16(13-7-1-2-8-13)15-11-5-9-12-6-3-4-10-14(12)15/h3-4,6,10,13,15-17H,1-2,5,7-9,11H2. The third-order valence-electron chi connectivity index (χ3n) is 4.71. The Kier molecular flexibility index (Phi) is 3.19. The van der Waals surface area contributed by atoms with E-state index in [0.29, 0.717) is 11.8 Å². The highest BCUT2D eigenvalue weighted by molar-refractivity contribution is 5.33. The monoisotopic (exact) mass is 230 g/mol. The lowest BCUT2D eigenvalue weighted by Gasteiger charge is -2.32. The van der Waals surface area contributed by atoms with Crippen molar-refractivity contribution in [2.45, 2.75) is 57.0 Å². The van der Waals surface area contributed by atoms with Crippen molar-refractivity contribution in [3.05, 3.63) is 35.4 Å². The van der Waals surface area contributed by atoms with Crippen LogP contribution in [0.15, 0.2) is 24.3 Å². The highest BCUT2D eigenvalue weighted by Crippen LogP contribution is 2.40. The zero-order valence-corrected chi connectivity index (χ0v) is 10.4. The largest absolute Gasteiger partial charge is 0.392 e. The summed E-state index contributed by atoms with van der Waals surface area (Å²) in [6.45, 7) is 0. The summed E-state index contributed by atoms with van der Waals surface area (Å²) in [7, 11) is 0. The molecule has 2 aliphatic carbocycles. The molecule has 0 aromatic heterocycles. The molecule has 0 radical (unpaired) electrons. The van der Waals surface area contributed by atoms with E-state index in [-0.39, 0.29) is 6.10 Å². The first kappa shape index (κ1) is 11.3. The molecule has 1 N–H and O–H groups in total. The number of rotatable bonds is 2. The number of aliphatic hydroxyl groups excluding tert-OH is 1. The highest BCUT2D eigenvalue weighted by atomic mass is 16.3. The zero-order valence-electron chi connectivity index (χ0n) is 10.4. The van der Waals surface area contributed by atoms with Crippen LogP contribution >= 0.6 is 0 Å². The molecule has 1 fully saturated rings. The van der Waals surface area contributed by atoms with Gasteiger partial charge in [0.05, 0.1) is 6.10 Å². The van der Waals surface area contributed by atoms with Crippen LogP contribution in [0.25, 0.3) is 0 Å². The van der Waals surface area contributed by atoms with Gasteiger partial charge >= 0.3 is 0 Å². The van der Waals surface area contributed by atoms with Crippen molar-refractivity contribution in [1.29, 1.82) is 0 Å². The maximum atomic E-state index is 10.6. The molecule has 1 aromatic rings. The summed E-state index contributed by atoms with van der Waals surface area (Å²) in [5.74, 6) is 0.967. The normalized spacial score (nSPS) is 26.8. The minimum absolute atomic E-state index is 0.0982. The van der Waals surface area contributed by atoms with E-state index in [4.69, 9.17) is 0 Å². The van der Waals surface area contributed by atoms with Gasteiger partial charge in [-0.15, -0.1) is 0 Å². The summed E-state index contributed by atoms with van der Waals surface area (Å²) >= 11 is 0. The number of hydrogen-bond acceptors (Lipinski definition) is 1. The van der Waals surface area contributed by atoms with E-state index in [1.54, 1.807) is 0 Å². The second kappa shape index (κ2) is 4.81. The second-order valence-electron chi connectivity index (χ2n) is 5.73. The third kappa shape index (κ3) is 2.13. The van der Waals surface area contributed by atoms with E-state index < -0.39 is 0 Å². The van der Waals surface area contributed by atoms with Crippen molar-refractivity contribution in [1.82, 2.24) is 0 Å². The van der Waals surface area contributed by atoms with Gasteiger partial charge in [0.15, 0.2) is 0 Å². The summed E-state index contributed by atoms with van der Waals surface area (Å²) < 4.78 is 0. The molecular formula is C16H22O. The average Bonchev–Trinajstić information content (AvgIpc) is 2.91. The third-order valence-corrected chi connectivity index (χ3v) is 4.71. The van der Waals surface area contributed by atoms with E-state index in [0.717, 1.165) is 0 Å². The lowest BCUT2D eigenvalue weighted by Crippen LogP contribution is -2.28. The predicted octanol–water partition coefficient (Wildman–Crippen LogP) is 3.66. The summed E-state index contributed by atoms with van der Waals surface area (Å²) in [5.41, 5.74) is 2.90. The quantitative estimate of drug-likeness (QED) is 0.822. The fourth-order valence-electron chi connectivity index (χ4n) is 3.77. The first-order valence-electron chi connectivity index (χ1n) is 7.12. The Morgan fingerprint density at radius 1 is 1.00 bits per heavy atom. The van der Waals surface area contributed by atoms with E-state index >= 15 is 0 Å². The molecule has 0 saturated heterocycles. The van der Waals surface area contributed by atoms with E-state index in [9.17, 15) is 5.11 Å². The van der Waals surface area contributed by atoms with E-state index in [1.165, 1.54) is 56.1 Å². The molecule has 0 heterocycles. The Morgan fingerprint density at radius 3 is 2.59 bits per heavy atom. The summed E-state index contributed by atoms with van der Waals surface area (Å²) in [5, 5.41) is 10.6. The molecule has 0 bridgehead atoms. The van der Waals surface area contributed by atoms with Gasteiger partial charge in [0, 0.05) is 5.92 Å². The van der Waals surface area contributed by atoms with Gasteiger partial charge in [0.2, 0.25) is 0 Å². The minimum Gasteiger partial charge on any atom is -0.392 e. The molecule has 0 spiro atoms. The molecular weight excluding hydrogens is 208 g/mol. The van der Waals surface area contributed by atoms with Gasteiger partial charge in [-0.2, -0.15) is 0 Å². The summed E-state index contributed by atoms with van der Waals surface area (Å²) in [6, 6.07) is 8.72. The van der Waals surface area contributed by atoms with Crippen LogP contribution in [0.5, 0.6) is 0 Å². The molecule has 92 valence electrons. The molecule has 0 amide bonds. The molecule has 2 unspecified atom stereocenters. The van der Waals surface area contributed by atoms with Gasteiger partial charge in [-0.3, -0.25) is 0 Å². The fourth-order valence-corrected chi connectivity index (χ4v) is 3.77. The topological polar surface area (TPSA) is 20.2 Å². The van der Waals surface area contributed by atoms with Crippen molar-refractivity contribution in [2.24, 2.45) is 5.92 Å². The Hall–Kier alpha value is -0.820. The molecule has 1 nitrogen and oxygen atoms in total. The Bertz CT molecular complexity index is 379. The van der Waals surface area contributed by atoms with E-state index in [1.807, 2.05) is 0 Å². The van der Waals surface area contributed by atoms with Crippen molar-refractivity contribution >= 4 is 0 Å². The molecule has 3 rings (SSSR count). The average molecular weight is 230 g/mol. The molecule has 0 aliphatic heterocycles. The smallest absolute Gasteiger partial charge is 0.0636 e. The van der Waals surface area contributed by atoms with Gasteiger partial charge in [-0.1, -0.05) is 37.1 Å². The number of hydrogen-bond donors (Lipinski definition) is 1. The summed E-state index contributed by atoms with van der Waals surface area (Å²) in [6.07, 6.45) is 8.62. The van der Waals surface area contributed by atoms with Crippen LogP contribution in [0.4, 0.5) is 0 Å². The van der Waals surface area contributed by atoms with Crippen molar-refractivity contribution < 1.29 is 5.11 Å². The van der Waals surface area contributed by atoms with Gasteiger partial charge in [0.1, 0.15) is 0 Å². The first-order valence-corrected chi connectivity index (χ1v) is 7.12. The van der Waals surface area contributed by atoms with Crippen molar-refractivity contribution in [3.63, 3.8) is 0 Å². The number of benzene rings is 1. The minimum atomic E-state index is -0.0982. The van der Waals surface area contributed by atoms with Crippen LogP contribution in [-0.4, -0.2) is 11.2 Å². The van der Waals surface area contributed by atoms with Crippen LogP contribution in [0.3, 0.4) is 0 Å². The van der Waals surface area contributed by atoms with Gasteiger partial charge in [-0.25, -0.2) is 0 Å². The molecule has 1 aromatic carbocycles. The van der Waals surface area contributed by atoms with Crippen LogP contribution < -0.4 is 0 Å². The molecule has 2 atom stereocenters. The SMILES string of the molecule is OC(C1CCCC1)C1CCCc2ccccc21. The number of fused-ring (bicyclic) bond motifs is 1. The molecule has 1 heteroatoms. The van der Waals surface area contributed by atoms with Crippen LogP contribution in [-0.2, 0) is 6.42 Å². The second-order valence-corrected chi connectivity index (χ2v) is 5.73. The lowest BCUT2D eigenvalue weighted by atomic mass is 9.76. The first-order chi connectivity index (χ1) is 8.36. The Labute approximate surface area is 104 Å². The molecule has 1 saturated carbocycles. The Morgan fingerprint density at radius 2 is 1.76 bits per heavy atom. The van der Waals surface area contributed by atoms with Crippen LogP contribution in [0, 0.1) is 5.92 Å². The van der Waals surface area contributed by atoms with Crippen LogP contribution in [0.1, 0.15) is 55.6 Å². The van der Waals surface area contributed by atoms with Crippen molar-refractivity contribution in [2.75, 3.05) is 0 Å². The van der Waals surface area contributed by atoms with E-state index in [2.05, 4.69) is 24.3 Å².